The molecule has 192 valence electrons. The summed E-state index contributed by atoms with van der Waals surface area (Å²) in [4.78, 5) is 26.1. The van der Waals surface area contributed by atoms with E-state index in [1.807, 2.05) is 25.1 Å². The molecule has 0 spiro atoms. The van der Waals surface area contributed by atoms with Crippen molar-refractivity contribution in [2.45, 2.75) is 51.5 Å². The molecular formula is C29H30FN3O4. The van der Waals surface area contributed by atoms with E-state index < -0.39 is 11.8 Å². The second kappa shape index (κ2) is 10.7. The molecule has 1 aromatic heterocycles. The summed E-state index contributed by atoms with van der Waals surface area (Å²) >= 11 is 0. The fourth-order valence-corrected chi connectivity index (χ4v) is 5.16. The first kappa shape index (κ1) is 24.9. The van der Waals surface area contributed by atoms with E-state index in [0.29, 0.717) is 35.9 Å². The molecule has 7 nitrogen and oxygen atoms in total. The minimum absolute atomic E-state index is 0.0142. The number of halogens is 1. The van der Waals surface area contributed by atoms with Crippen molar-refractivity contribution in [3.05, 3.63) is 71.2 Å². The summed E-state index contributed by atoms with van der Waals surface area (Å²) in [6.07, 6.45) is 5.31. The molecule has 1 atom stereocenters. The summed E-state index contributed by atoms with van der Waals surface area (Å²) in [5.41, 5.74) is 2.97. The largest absolute Gasteiger partial charge is 0.465 e. The minimum Gasteiger partial charge on any atom is -0.465 e. The highest BCUT2D eigenvalue weighted by atomic mass is 19.1. The van der Waals surface area contributed by atoms with Crippen molar-refractivity contribution in [1.82, 2.24) is 15.1 Å². The molecule has 1 saturated carbocycles. The third kappa shape index (κ3) is 5.48. The standard InChI is InChI=1S/C29H30FN3O4/c1-18-13-28(34)33(16-18)17-21-14-24(30)23(29(35)36-2)15-27(21)37-22-9-7-20(8-10-22)26-12-11-25(31-32-26)19-5-3-4-6-19/h7-12,14-15,18-19H,3-6,13,16-17H2,1-2H3. The molecule has 5 rings (SSSR count). The first-order valence-corrected chi connectivity index (χ1v) is 12.7. The summed E-state index contributed by atoms with van der Waals surface area (Å²) < 4.78 is 25.6. The Morgan fingerprint density at radius 1 is 1.08 bits per heavy atom. The van der Waals surface area contributed by atoms with Crippen LogP contribution in [0.2, 0.25) is 0 Å². The van der Waals surface area contributed by atoms with Gasteiger partial charge < -0.3 is 14.4 Å². The number of hydrogen-bond donors (Lipinski definition) is 0. The second-order valence-corrected chi connectivity index (χ2v) is 9.97. The lowest BCUT2D eigenvalue weighted by Crippen LogP contribution is -2.25. The van der Waals surface area contributed by atoms with E-state index in [1.54, 1.807) is 17.0 Å². The van der Waals surface area contributed by atoms with Crippen LogP contribution < -0.4 is 4.74 Å². The Balaban J connectivity index is 1.37. The molecule has 1 saturated heterocycles. The third-order valence-corrected chi connectivity index (χ3v) is 7.16. The number of nitrogens with zero attached hydrogens (tertiary/aromatic N) is 3. The van der Waals surface area contributed by atoms with E-state index >= 15 is 0 Å². The molecular weight excluding hydrogens is 473 g/mol. The summed E-state index contributed by atoms with van der Waals surface area (Å²) in [5, 5.41) is 8.87. The zero-order valence-corrected chi connectivity index (χ0v) is 21.1. The van der Waals surface area contributed by atoms with Crippen LogP contribution in [0.1, 0.15) is 66.6 Å². The quantitative estimate of drug-likeness (QED) is 0.374. The lowest BCUT2D eigenvalue weighted by molar-refractivity contribution is -0.128. The Kier molecular flexibility index (Phi) is 7.17. The van der Waals surface area contributed by atoms with Crippen molar-refractivity contribution in [3.63, 3.8) is 0 Å². The predicted octanol–water partition coefficient (Wildman–Crippen LogP) is 5.89. The molecule has 37 heavy (non-hydrogen) atoms. The van der Waals surface area contributed by atoms with Gasteiger partial charge in [-0.15, -0.1) is 0 Å². The normalized spacial score (nSPS) is 17.9. The lowest BCUT2D eigenvalue weighted by atomic mass is 10.0. The van der Waals surface area contributed by atoms with Crippen molar-refractivity contribution in [1.29, 1.82) is 0 Å². The van der Waals surface area contributed by atoms with Crippen molar-refractivity contribution >= 4 is 11.9 Å². The molecule has 3 aromatic rings. The van der Waals surface area contributed by atoms with Crippen LogP contribution in [0.15, 0.2) is 48.5 Å². The lowest BCUT2D eigenvalue weighted by Gasteiger charge is -2.20. The fraction of sp³-hybridized carbons (Fsp3) is 0.379. The summed E-state index contributed by atoms with van der Waals surface area (Å²) in [7, 11) is 1.20. The van der Waals surface area contributed by atoms with E-state index in [2.05, 4.69) is 16.3 Å². The number of benzene rings is 2. The van der Waals surface area contributed by atoms with Gasteiger partial charge in [0.2, 0.25) is 5.91 Å². The van der Waals surface area contributed by atoms with E-state index in [-0.39, 0.29) is 23.9 Å². The molecule has 1 unspecified atom stereocenters. The van der Waals surface area contributed by atoms with Gasteiger partial charge >= 0.3 is 5.97 Å². The number of carbonyl (C=O) groups is 2. The average Bonchev–Trinajstić information content (AvgIpc) is 3.55. The molecule has 0 radical (unpaired) electrons. The van der Waals surface area contributed by atoms with Crippen LogP contribution in [-0.4, -0.2) is 40.6 Å². The van der Waals surface area contributed by atoms with Crippen LogP contribution in [0.3, 0.4) is 0 Å². The van der Waals surface area contributed by atoms with Gasteiger partial charge in [0.05, 0.1) is 24.1 Å². The van der Waals surface area contributed by atoms with E-state index in [9.17, 15) is 14.0 Å². The van der Waals surface area contributed by atoms with Crippen LogP contribution in [0.25, 0.3) is 11.3 Å². The Morgan fingerprint density at radius 2 is 1.84 bits per heavy atom. The molecule has 2 fully saturated rings. The summed E-state index contributed by atoms with van der Waals surface area (Å²) in [6, 6.07) is 14.0. The average molecular weight is 504 g/mol. The second-order valence-electron chi connectivity index (χ2n) is 9.97. The number of hydrogen-bond acceptors (Lipinski definition) is 6. The van der Waals surface area contributed by atoms with Crippen molar-refractivity contribution in [3.8, 4) is 22.8 Å². The van der Waals surface area contributed by atoms with Gasteiger partial charge in [0.25, 0.3) is 0 Å². The Bertz CT molecular complexity index is 1290. The first-order chi connectivity index (χ1) is 17.9. The fourth-order valence-electron chi connectivity index (χ4n) is 5.16. The SMILES string of the molecule is COC(=O)c1cc(Oc2ccc(-c3ccc(C4CCCC4)nn3)cc2)c(CN2CC(C)CC2=O)cc1F. The van der Waals surface area contributed by atoms with E-state index in [0.717, 1.165) is 17.0 Å². The number of esters is 1. The zero-order valence-electron chi connectivity index (χ0n) is 21.1. The number of likely N-dealkylation sites (tertiary alicyclic amines) is 1. The molecule has 0 bridgehead atoms. The van der Waals surface area contributed by atoms with Gasteiger partial charge in [-0.3, -0.25) is 4.79 Å². The summed E-state index contributed by atoms with van der Waals surface area (Å²) in [6.45, 7) is 2.79. The molecule has 2 aliphatic rings. The number of aromatic nitrogens is 2. The van der Waals surface area contributed by atoms with Gasteiger partial charge in [0.1, 0.15) is 17.3 Å². The highest BCUT2D eigenvalue weighted by Gasteiger charge is 2.28. The van der Waals surface area contributed by atoms with Crippen molar-refractivity contribution < 1.29 is 23.5 Å². The first-order valence-electron chi connectivity index (χ1n) is 12.7. The molecule has 8 heteroatoms. The highest BCUT2D eigenvalue weighted by molar-refractivity contribution is 5.90. The zero-order chi connectivity index (χ0) is 25.9. The van der Waals surface area contributed by atoms with Gasteiger partial charge in [0.15, 0.2) is 0 Å². The van der Waals surface area contributed by atoms with E-state index in [4.69, 9.17) is 9.47 Å². The predicted molar refractivity (Wildman–Crippen MR) is 136 cm³/mol. The highest BCUT2D eigenvalue weighted by Crippen LogP contribution is 2.34. The molecule has 1 amide bonds. The molecule has 1 aliphatic heterocycles. The maximum absolute atomic E-state index is 14.7. The van der Waals surface area contributed by atoms with E-state index in [1.165, 1.54) is 44.9 Å². The molecule has 2 aromatic carbocycles. The minimum atomic E-state index is -0.797. The van der Waals surface area contributed by atoms with Crippen LogP contribution in [0, 0.1) is 11.7 Å². The van der Waals surface area contributed by atoms with Gasteiger partial charge in [-0.05, 0) is 67.3 Å². The van der Waals surface area contributed by atoms with Gasteiger partial charge in [0, 0.05) is 36.6 Å². The van der Waals surface area contributed by atoms with Gasteiger partial charge in [-0.25, -0.2) is 9.18 Å². The number of carbonyl (C=O) groups excluding carboxylic acids is 2. The maximum atomic E-state index is 14.7. The van der Waals surface area contributed by atoms with Gasteiger partial charge in [-0.1, -0.05) is 19.8 Å². The number of methoxy groups -OCH3 is 1. The topological polar surface area (TPSA) is 81.6 Å². The van der Waals surface area contributed by atoms with Crippen LogP contribution in [0.4, 0.5) is 4.39 Å². The third-order valence-electron chi connectivity index (χ3n) is 7.16. The van der Waals surface area contributed by atoms with Crippen molar-refractivity contribution in [2.24, 2.45) is 5.92 Å². The molecule has 2 heterocycles. The molecule has 0 N–H and O–H groups in total. The number of amides is 1. The number of ether oxygens (including phenoxy) is 2. The monoisotopic (exact) mass is 503 g/mol. The van der Waals surface area contributed by atoms with Crippen LogP contribution >= 0.6 is 0 Å². The van der Waals surface area contributed by atoms with Crippen molar-refractivity contribution in [2.75, 3.05) is 13.7 Å². The van der Waals surface area contributed by atoms with Crippen LogP contribution in [-0.2, 0) is 16.1 Å². The van der Waals surface area contributed by atoms with Crippen LogP contribution in [0.5, 0.6) is 11.5 Å². The Hall–Kier alpha value is -3.81. The summed E-state index contributed by atoms with van der Waals surface area (Å²) in [5.74, 6) is 0.0423. The molecule has 1 aliphatic carbocycles. The Labute approximate surface area is 215 Å². The Morgan fingerprint density at radius 3 is 2.46 bits per heavy atom. The maximum Gasteiger partial charge on any atom is 0.340 e. The number of rotatable bonds is 7. The smallest absolute Gasteiger partial charge is 0.340 e. The van der Waals surface area contributed by atoms with Gasteiger partial charge in [-0.2, -0.15) is 10.2 Å².